The van der Waals surface area contributed by atoms with Crippen LogP contribution in [-0.4, -0.2) is 22.5 Å². The number of aromatic nitrogens is 2. The van der Waals surface area contributed by atoms with Crippen LogP contribution in [0.4, 0.5) is 10.5 Å². The zero-order valence-corrected chi connectivity index (χ0v) is 8.30. The molecule has 0 fully saturated rings. The molecule has 78 valence electrons. The summed E-state index contributed by atoms with van der Waals surface area (Å²) in [7, 11) is 0. The lowest BCUT2D eigenvalue weighted by atomic mass is 10.2. The normalized spacial score (nSPS) is 10.5. The molecule has 5 nitrogen and oxygen atoms in total. The summed E-state index contributed by atoms with van der Waals surface area (Å²) < 4.78 is 6.06. The standard InChI is InChI=1S/C10H11N3O2/c1-2-15-10(14)13-9-5-3-4-8(11)7(9)6-12-13/h3-6H,2,11H2,1H3. The van der Waals surface area contributed by atoms with Gasteiger partial charge in [0.15, 0.2) is 0 Å². The molecule has 0 aliphatic heterocycles. The fraction of sp³-hybridized carbons (Fsp3) is 0.200. The molecular weight excluding hydrogens is 194 g/mol. The van der Waals surface area contributed by atoms with Crippen LogP contribution in [-0.2, 0) is 4.74 Å². The molecule has 2 rings (SSSR count). The predicted molar refractivity (Wildman–Crippen MR) is 56.6 cm³/mol. The average molecular weight is 205 g/mol. The highest BCUT2D eigenvalue weighted by atomic mass is 16.5. The molecule has 0 aliphatic carbocycles. The Labute approximate surface area is 86.4 Å². The van der Waals surface area contributed by atoms with E-state index in [0.29, 0.717) is 17.8 Å². The van der Waals surface area contributed by atoms with Crippen LogP contribution in [0.25, 0.3) is 10.9 Å². The maximum Gasteiger partial charge on any atom is 0.435 e. The van der Waals surface area contributed by atoms with Gasteiger partial charge in [0.25, 0.3) is 0 Å². The highest BCUT2D eigenvalue weighted by Crippen LogP contribution is 2.20. The van der Waals surface area contributed by atoms with Crippen LogP contribution < -0.4 is 5.73 Å². The first-order valence-corrected chi connectivity index (χ1v) is 4.63. The van der Waals surface area contributed by atoms with Crippen LogP contribution in [0.1, 0.15) is 6.92 Å². The Morgan fingerprint density at radius 2 is 2.40 bits per heavy atom. The van der Waals surface area contributed by atoms with E-state index >= 15 is 0 Å². The van der Waals surface area contributed by atoms with Gasteiger partial charge in [0.05, 0.1) is 18.3 Å². The first kappa shape index (κ1) is 9.51. The summed E-state index contributed by atoms with van der Waals surface area (Å²) in [5.41, 5.74) is 7.00. The first-order valence-electron chi connectivity index (χ1n) is 4.63. The Bertz CT molecular complexity index is 504. The van der Waals surface area contributed by atoms with Gasteiger partial charge in [-0.2, -0.15) is 9.78 Å². The summed E-state index contributed by atoms with van der Waals surface area (Å²) in [6.45, 7) is 2.07. The van der Waals surface area contributed by atoms with E-state index in [0.717, 1.165) is 5.39 Å². The number of carbonyl (C=O) groups excluding carboxylic acids is 1. The SMILES string of the molecule is CCOC(=O)n1ncc2c(N)cccc21. The van der Waals surface area contributed by atoms with E-state index in [1.807, 2.05) is 0 Å². The topological polar surface area (TPSA) is 70.1 Å². The maximum atomic E-state index is 11.5. The molecule has 0 bridgehead atoms. The number of hydrogen-bond acceptors (Lipinski definition) is 4. The fourth-order valence-electron chi connectivity index (χ4n) is 1.40. The Balaban J connectivity index is 2.54. The van der Waals surface area contributed by atoms with Crippen molar-refractivity contribution in [3.63, 3.8) is 0 Å². The molecule has 5 heteroatoms. The number of nitrogens with two attached hydrogens (primary N) is 1. The van der Waals surface area contributed by atoms with Gasteiger partial charge in [0.2, 0.25) is 0 Å². The molecule has 0 aliphatic rings. The molecule has 0 saturated carbocycles. The molecular formula is C10H11N3O2. The number of nitrogen functional groups attached to an aromatic ring is 1. The third-order valence-corrected chi connectivity index (χ3v) is 2.09. The minimum Gasteiger partial charge on any atom is -0.448 e. The van der Waals surface area contributed by atoms with Gasteiger partial charge in [-0.05, 0) is 19.1 Å². The van der Waals surface area contributed by atoms with E-state index in [1.165, 1.54) is 4.68 Å². The molecule has 0 unspecified atom stereocenters. The van der Waals surface area contributed by atoms with E-state index in [1.54, 1.807) is 31.3 Å². The van der Waals surface area contributed by atoms with Gasteiger partial charge >= 0.3 is 6.09 Å². The van der Waals surface area contributed by atoms with Crippen molar-refractivity contribution >= 4 is 22.7 Å². The number of fused-ring (bicyclic) bond motifs is 1. The number of nitrogens with zero attached hydrogens (tertiary/aromatic N) is 2. The van der Waals surface area contributed by atoms with Gasteiger partial charge in [-0.15, -0.1) is 0 Å². The number of rotatable bonds is 1. The highest BCUT2D eigenvalue weighted by molar-refractivity contribution is 5.94. The summed E-state index contributed by atoms with van der Waals surface area (Å²) in [5, 5.41) is 4.69. The number of carbonyl (C=O) groups is 1. The van der Waals surface area contributed by atoms with Crippen molar-refractivity contribution in [2.45, 2.75) is 6.92 Å². The number of anilines is 1. The number of benzene rings is 1. The van der Waals surface area contributed by atoms with Gasteiger partial charge in [0, 0.05) is 11.1 Å². The minimum absolute atomic E-state index is 0.322. The summed E-state index contributed by atoms with van der Waals surface area (Å²) in [4.78, 5) is 11.5. The van der Waals surface area contributed by atoms with Gasteiger partial charge < -0.3 is 10.5 Å². The van der Waals surface area contributed by atoms with E-state index in [4.69, 9.17) is 10.5 Å². The molecule has 1 heterocycles. The lowest BCUT2D eigenvalue weighted by Gasteiger charge is -2.02. The summed E-state index contributed by atoms with van der Waals surface area (Å²) in [6.07, 6.45) is 1.07. The van der Waals surface area contributed by atoms with Crippen LogP contribution in [0.5, 0.6) is 0 Å². The molecule has 1 aromatic heterocycles. The van der Waals surface area contributed by atoms with Gasteiger partial charge in [0.1, 0.15) is 0 Å². The molecule has 0 saturated heterocycles. The predicted octanol–water partition coefficient (Wildman–Crippen LogP) is 1.62. The van der Waals surface area contributed by atoms with Crippen LogP contribution in [0.2, 0.25) is 0 Å². The van der Waals surface area contributed by atoms with Crippen LogP contribution in [0, 0.1) is 0 Å². The Kier molecular flexibility index (Phi) is 2.29. The zero-order chi connectivity index (χ0) is 10.8. The van der Waals surface area contributed by atoms with Crippen molar-refractivity contribution in [1.82, 2.24) is 9.78 Å². The largest absolute Gasteiger partial charge is 0.448 e. The van der Waals surface area contributed by atoms with Gasteiger partial charge in [-0.1, -0.05) is 6.07 Å². The Morgan fingerprint density at radius 1 is 1.60 bits per heavy atom. The highest BCUT2D eigenvalue weighted by Gasteiger charge is 2.11. The van der Waals surface area contributed by atoms with Gasteiger partial charge in [-0.3, -0.25) is 0 Å². The second-order valence-corrected chi connectivity index (χ2v) is 3.04. The lowest BCUT2D eigenvalue weighted by molar-refractivity contribution is 0.151. The third-order valence-electron chi connectivity index (χ3n) is 2.09. The first-order chi connectivity index (χ1) is 7.24. The zero-order valence-electron chi connectivity index (χ0n) is 8.30. The fourth-order valence-corrected chi connectivity index (χ4v) is 1.40. The summed E-state index contributed by atoms with van der Waals surface area (Å²) in [5.74, 6) is 0. The molecule has 2 N–H and O–H groups in total. The maximum absolute atomic E-state index is 11.5. The number of ether oxygens (including phenoxy) is 1. The molecule has 0 spiro atoms. The van der Waals surface area contributed by atoms with Crippen LogP contribution in [0.15, 0.2) is 24.4 Å². The summed E-state index contributed by atoms with van der Waals surface area (Å²) >= 11 is 0. The molecule has 0 atom stereocenters. The van der Waals surface area contributed by atoms with Crippen molar-refractivity contribution in [3.8, 4) is 0 Å². The van der Waals surface area contributed by atoms with E-state index in [9.17, 15) is 4.79 Å². The Hall–Kier alpha value is -2.04. The molecule has 0 radical (unpaired) electrons. The average Bonchev–Trinajstić information content (AvgIpc) is 2.63. The van der Waals surface area contributed by atoms with Crippen molar-refractivity contribution < 1.29 is 9.53 Å². The molecule has 15 heavy (non-hydrogen) atoms. The Morgan fingerprint density at radius 3 is 3.13 bits per heavy atom. The van der Waals surface area contributed by atoms with Crippen LogP contribution in [0.3, 0.4) is 0 Å². The quantitative estimate of drug-likeness (QED) is 0.718. The molecule has 0 amide bonds. The second kappa shape index (κ2) is 3.61. The lowest BCUT2D eigenvalue weighted by Crippen LogP contribution is -2.14. The monoisotopic (exact) mass is 205 g/mol. The van der Waals surface area contributed by atoms with Crippen LogP contribution >= 0.6 is 0 Å². The smallest absolute Gasteiger partial charge is 0.435 e. The van der Waals surface area contributed by atoms with Gasteiger partial charge in [-0.25, -0.2) is 4.79 Å². The van der Waals surface area contributed by atoms with Crippen molar-refractivity contribution in [3.05, 3.63) is 24.4 Å². The molecule has 1 aromatic carbocycles. The van der Waals surface area contributed by atoms with Crippen molar-refractivity contribution in [2.75, 3.05) is 12.3 Å². The molecule has 2 aromatic rings. The van der Waals surface area contributed by atoms with E-state index in [2.05, 4.69) is 5.10 Å². The summed E-state index contributed by atoms with van der Waals surface area (Å²) in [6, 6.07) is 5.31. The second-order valence-electron chi connectivity index (χ2n) is 3.04. The van der Waals surface area contributed by atoms with E-state index in [-0.39, 0.29) is 0 Å². The minimum atomic E-state index is -0.488. The van der Waals surface area contributed by atoms with Crippen molar-refractivity contribution in [1.29, 1.82) is 0 Å². The van der Waals surface area contributed by atoms with Crippen molar-refractivity contribution in [2.24, 2.45) is 0 Å². The van der Waals surface area contributed by atoms with E-state index < -0.39 is 6.09 Å². The number of hydrogen-bond donors (Lipinski definition) is 1. The third kappa shape index (κ3) is 1.52.